The lowest BCUT2D eigenvalue weighted by Gasteiger charge is -2.07. The smallest absolute Gasteiger partial charge is 0.182 e. The van der Waals surface area contributed by atoms with E-state index in [4.69, 9.17) is 12.2 Å². The van der Waals surface area contributed by atoms with Crippen LogP contribution in [0.15, 0.2) is 34.8 Å². The topological polar surface area (TPSA) is 20.7 Å². The number of hydrogen-bond donors (Lipinski definition) is 1. The van der Waals surface area contributed by atoms with E-state index in [0.29, 0.717) is 17.1 Å². The molecule has 3 rings (SSSR count). The molecule has 0 aliphatic heterocycles. The first kappa shape index (κ1) is 13.4. The van der Waals surface area contributed by atoms with Gasteiger partial charge in [0.15, 0.2) is 16.4 Å². The van der Waals surface area contributed by atoms with Gasteiger partial charge >= 0.3 is 0 Å². The molecule has 7 heteroatoms. The second kappa shape index (κ2) is 4.75. The normalized spacial score (nSPS) is 11.2. The predicted octanol–water partition coefficient (Wildman–Crippen LogP) is 4.87. The number of rotatable bonds is 1. The molecule has 1 heterocycles. The quantitative estimate of drug-likeness (QED) is 0.486. The van der Waals surface area contributed by atoms with E-state index in [1.807, 2.05) is 0 Å². The van der Waals surface area contributed by atoms with Gasteiger partial charge in [-0.1, -0.05) is 15.9 Å². The Hall–Kier alpha value is -1.60. The first-order valence-electron chi connectivity index (χ1n) is 5.52. The molecule has 2 aromatic carbocycles. The third-order valence-corrected chi connectivity index (χ3v) is 3.65. The number of H-pyrrole nitrogens is 1. The third-order valence-electron chi connectivity index (χ3n) is 2.87. The summed E-state index contributed by atoms with van der Waals surface area (Å²) < 4.78 is 42.6. The van der Waals surface area contributed by atoms with Crippen molar-refractivity contribution in [1.29, 1.82) is 0 Å². The van der Waals surface area contributed by atoms with Gasteiger partial charge in [-0.25, -0.2) is 13.2 Å². The van der Waals surface area contributed by atoms with Crippen LogP contribution in [0, 0.1) is 22.2 Å². The van der Waals surface area contributed by atoms with E-state index < -0.39 is 17.5 Å². The number of halogens is 4. The highest BCUT2D eigenvalue weighted by atomic mass is 79.9. The summed E-state index contributed by atoms with van der Waals surface area (Å²) in [5.41, 5.74) is 1.10. The van der Waals surface area contributed by atoms with Crippen LogP contribution < -0.4 is 0 Å². The molecule has 0 fully saturated rings. The van der Waals surface area contributed by atoms with Gasteiger partial charge in [0.1, 0.15) is 5.82 Å². The molecule has 3 aromatic rings. The fraction of sp³-hybridized carbons (Fsp3) is 0. The maximum atomic E-state index is 13.9. The van der Waals surface area contributed by atoms with Crippen LogP contribution in [0.1, 0.15) is 0 Å². The van der Waals surface area contributed by atoms with Gasteiger partial charge in [0.05, 0.1) is 16.7 Å². The Morgan fingerprint density at radius 2 is 1.70 bits per heavy atom. The Kier molecular flexibility index (Phi) is 3.18. The van der Waals surface area contributed by atoms with E-state index in [-0.39, 0.29) is 10.5 Å². The average Bonchev–Trinajstić information content (AvgIpc) is 2.69. The van der Waals surface area contributed by atoms with Gasteiger partial charge in [-0.05, 0) is 30.4 Å². The molecule has 0 unspecified atom stereocenters. The minimum Gasteiger partial charge on any atom is -0.330 e. The van der Waals surface area contributed by atoms with Crippen molar-refractivity contribution in [2.75, 3.05) is 0 Å². The predicted molar refractivity (Wildman–Crippen MR) is 76.0 cm³/mol. The molecule has 0 saturated heterocycles. The van der Waals surface area contributed by atoms with Gasteiger partial charge in [-0.15, -0.1) is 0 Å². The minimum absolute atomic E-state index is 0.137. The lowest BCUT2D eigenvalue weighted by Crippen LogP contribution is -2.00. The van der Waals surface area contributed by atoms with E-state index in [9.17, 15) is 13.2 Å². The zero-order chi connectivity index (χ0) is 14.4. The van der Waals surface area contributed by atoms with Crippen molar-refractivity contribution in [2.24, 2.45) is 0 Å². The maximum absolute atomic E-state index is 13.9. The first-order chi connectivity index (χ1) is 9.47. The fourth-order valence-electron chi connectivity index (χ4n) is 2.01. The molecule has 0 aliphatic carbocycles. The third kappa shape index (κ3) is 2.06. The van der Waals surface area contributed by atoms with Gasteiger partial charge < -0.3 is 4.98 Å². The summed E-state index contributed by atoms with van der Waals surface area (Å²) in [6, 6.07) is 6.50. The zero-order valence-corrected chi connectivity index (χ0v) is 12.2. The van der Waals surface area contributed by atoms with Gasteiger partial charge in [0.25, 0.3) is 0 Å². The molecule has 20 heavy (non-hydrogen) atoms. The number of aromatic nitrogens is 2. The van der Waals surface area contributed by atoms with Crippen LogP contribution >= 0.6 is 28.1 Å². The standard InChI is InChI=1S/C13H6BrF3N2S/c14-6-1-2-11-10(3-6)18-13(20)19(11)12-5-8(16)7(15)4-9(12)17/h1-5H,(H,18,20). The Morgan fingerprint density at radius 1 is 1.00 bits per heavy atom. The minimum atomic E-state index is -1.24. The summed E-state index contributed by atoms with van der Waals surface area (Å²) in [4.78, 5) is 2.89. The molecular formula is C13H6BrF3N2S. The number of imidazole rings is 1. The number of benzene rings is 2. The van der Waals surface area contributed by atoms with Crippen LogP contribution in [-0.2, 0) is 0 Å². The Bertz CT molecular complexity index is 885. The molecule has 2 nitrogen and oxygen atoms in total. The molecule has 0 radical (unpaired) electrons. The first-order valence-corrected chi connectivity index (χ1v) is 6.72. The molecule has 102 valence electrons. The summed E-state index contributed by atoms with van der Waals surface area (Å²) in [5.74, 6) is -3.25. The molecule has 0 spiro atoms. The molecule has 1 aromatic heterocycles. The van der Waals surface area contributed by atoms with Gasteiger partial charge in [0, 0.05) is 16.6 Å². The van der Waals surface area contributed by atoms with Crippen molar-refractivity contribution >= 4 is 39.2 Å². The Balaban J connectivity index is 2.38. The lowest BCUT2D eigenvalue weighted by atomic mass is 10.2. The summed E-state index contributed by atoms with van der Waals surface area (Å²) in [6.07, 6.45) is 0. The highest BCUT2D eigenvalue weighted by Gasteiger charge is 2.15. The summed E-state index contributed by atoms with van der Waals surface area (Å²) >= 11 is 8.43. The fourth-order valence-corrected chi connectivity index (χ4v) is 2.67. The molecule has 1 N–H and O–H groups in total. The summed E-state index contributed by atoms with van der Waals surface area (Å²) in [6.45, 7) is 0. The molecule has 0 atom stereocenters. The second-order valence-corrected chi connectivity index (χ2v) is 5.45. The van der Waals surface area contributed by atoms with Crippen molar-refractivity contribution in [3.05, 3.63) is 57.0 Å². The van der Waals surface area contributed by atoms with Crippen molar-refractivity contribution in [2.45, 2.75) is 0 Å². The van der Waals surface area contributed by atoms with E-state index in [1.54, 1.807) is 18.2 Å². The van der Waals surface area contributed by atoms with Crippen LogP contribution in [-0.4, -0.2) is 9.55 Å². The number of fused-ring (bicyclic) bond motifs is 1. The van der Waals surface area contributed by atoms with Crippen LogP contribution in [0.3, 0.4) is 0 Å². The summed E-state index contributed by atoms with van der Waals surface area (Å²) in [7, 11) is 0. The van der Waals surface area contributed by atoms with Gasteiger partial charge in [0.2, 0.25) is 0 Å². The average molecular weight is 359 g/mol. The highest BCUT2D eigenvalue weighted by Crippen LogP contribution is 2.25. The second-order valence-electron chi connectivity index (χ2n) is 4.14. The largest absolute Gasteiger partial charge is 0.330 e. The maximum Gasteiger partial charge on any atom is 0.182 e. The van der Waals surface area contributed by atoms with E-state index >= 15 is 0 Å². The van der Waals surface area contributed by atoms with Crippen molar-refractivity contribution in [3.8, 4) is 5.69 Å². The lowest BCUT2D eigenvalue weighted by molar-refractivity contribution is 0.493. The molecule has 0 amide bonds. The monoisotopic (exact) mass is 358 g/mol. The van der Waals surface area contributed by atoms with E-state index in [2.05, 4.69) is 20.9 Å². The highest BCUT2D eigenvalue weighted by molar-refractivity contribution is 9.10. The van der Waals surface area contributed by atoms with Crippen molar-refractivity contribution < 1.29 is 13.2 Å². The molecule has 0 bridgehead atoms. The van der Waals surface area contributed by atoms with Crippen LogP contribution in [0.2, 0.25) is 0 Å². The Morgan fingerprint density at radius 3 is 2.45 bits per heavy atom. The number of nitrogens with one attached hydrogen (secondary N) is 1. The Labute approximate surface area is 125 Å². The molecule has 0 saturated carbocycles. The van der Waals surface area contributed by atoms with Crippen LogP contribution in [0.5, 0.6) is 0 Å². The number of nitrogens with zero attached hydrogens (tertiary/aromatic N) is 1. The van der Waals surface area contributed by atoms with Crippen molar-refractivity contribution in [3.63, 3.8) is 0 Å². The van der Waals surface area contributed by atoms with E-state index in [0.717, 1.165) is 10.5 Å². The zero-order valence-electron chi connectivity index (χ0n) is 9.75. The molecule has 0 aliphatic rings. The van der Waals surface area contributed by atoms with Crippen LogP contribution in [0.4, 0.5) is 13.2 Å². The SMILES string of the molecule is Fc1cc(F)c(-n2c(=S)[nH]c3cc(Br)ccc32)cc1F. The summed E-state index contributed by atoms with van der Waals surface area (Å²) in [5, 5.41) is 0. The number of aromatic amines is 1. The van der Waals surface area contributed by atoms with Crippen molar-refractivity contribution in [1.82, 2.24) is 9.55 Å². The number of hydrogen-bond acceptors (Lipinski definition) is 1. The van der Waals surface area contributed by atoms with Gasteiger partial charge in [-0.2, -0.15) is 0 Å². The van der Waals surface area contributed by atoms with E-state index in [1.165, 1.54) is 4.57 Å². The van der Waals surface area contributed by atoms with Gasteiger partial charge in [-0.3, -0.25) is 4.57 Å². The molecular weight excluding hydrogens is 353 g/mol. The van der Waals surface area contributed by atoms with Crippen LogP contribution in [0.25, 0.3) is 16.7 Å².